The van der Waals surface area contributed by atoms with Crippen LogP contribution in [0.1, 0.15) is 37.6 Å². The highest BCUT2D eigenvalue weighted by Gasteiger charge is 2.29. The Kier molecular flexibility index (Phi) is 5.01. The number of rotatable bonds is 3. The number of aromatic nitrogens is 2. The minimum atomic E-state index is -0.389. The van der Waals surface area contributed by atoms with Gasteiger partial charge < -0.3 is 19.5 Å². The van der Waals surface area contributed by atoms with Crippen LogP contribution < -0.4 is 5.32 Å². The summed E-state index contributed by atoms with van der Waals surface area (Å²) in [5.74, 6) is 1.19. The van der Waals surface area contributed by atoms with Gasteiger partial charge in [0, 0.05) is 23.2 Å². The van der Waals surface area contributed by atoms with Crippen molar-refractivity contribution in [2.75, 3.05) is 25.0 Å². The molecule has 1 aromatic carbocycles. The van der Waals surface area contributed by atoms with Crippen molar-refractivity contribution in [2.45, 2.75) is 25.9 Å². The first-order valence-corrected chi connectivity index (χ1v) is 8.17. The molecule has 1 aromatic heterocycles. The highest BCUT2D eigenvalue weighted by Crippen LogP contribution is 2.23. The van der Waals surface area contributed by atoms with Gasteiger partial charge in [0.1, 0.15) is 6.10 Å². The normalized spacial score (nSPS) is 18.0. The fraction of sp³-hybridized carbons (Fsp3) is 0.438. The molecule has 1 atom stereocenters. The third-order valence-corrected chi connectivity index (χ3v) is 3.90. The molecule has 1 aliphatic heterocycles. The van der Waals surface area contributed by atoms with Gasteiger partial charge in [-0.25, -0.2) is 4.79 Å². The first-order valence-electron chi connectivity index (χ1n) is 7.79. The zero-order valence-electron chi connectivity index (χ0n) is 13.5. The third kappa shape index (κ3) is 3.85. The lowest BCUT2D eigenvalue weighted by molar-refractivity contribution is -0.0190. The first-order chi connectivity index (χ1) is 11.5. The summed E-state index contributed by atoms with van der Waals surface area (Å²) in [6, 6.07) is 6.82. The highest BCUT2D eigenvalue weighted by atomic mass is 35.5. The summed E-state index contributed by atoms with van der Waals surface area (Å²) in [4.78, 5) is 18.4. The number of nitrogens with zero attached hydrogens (tertiary/aromatic N) is 3. The number of nitrogens with one attached hydrogen (secondary N) is 1. The van der Waals surface area contributed by atoms with Crippen LogP contribution in [0.3, 0.4) is 0 Å². The molecule has 0 spiro atoms. The maximum absolute atomic E-state index is 12.4. The van der Waals surface area contributed by atoms with Gasteiger partial charge in [-0.15, -0.1) is 0 Å². The molecule has 1 fully saturated rings. The molecule has 0 unspecified atom stereocenters. The van der Waals surface area contributed by atoms with Gasteiger partial charge in [0.25, 0.3) is 0 Å². The predicted octanol–water partition coefficient (Wildman–Crippen LogP) is 3.45. The molecule has 1 N–H and O–H groups in total. The zero-order chi connectivity index (χ0) is 17.1. The van der Waals surface area contributed by atoms with E-state index >= 15 is 0 Å². The molecule has 0 saturated carbocycles. The third-order valence-electron chi connectivity index (χ3n) is 3.67. The molecule has 0 bridgehead atoms. The quantitative estimate of drug-likeness (QED) is 0.916. The van der Waals surface area contributed by atoms with Crippen molar-refractivity contribution in [2.24, 2.45) is 0 Å². The topological polar surface area (TPSA) is 80.5 Å². The van der Waals surface area contributed by atoms with Crippen molar-refractivity contribution >= 4 is 23.3 Å². The van der Waals surface area contributed by atoms with Crippen LogP contribution in [0.2, 0.25) is 5.02 Å². The Labute approximate surface area is 144 Å². The first kappa shape index (κ1) is 16.7. The van der Waals surface area contributed by atoms with Crippen LogP contribution in [0, 0.1) is 0 Å². The Morgan fingerprint density at radius 2 is 2.29 bits per heavy atom. The van der Waals surface area contributed by atoms with E-state index in [1.54, 1.807) is 29.2 Å². The molecule has 2 heterocycles. The molecular formula is C16H19ClN4O3. The molecule has 0 aliphatic carbocycles. The van der Waals surface area contributed by atoms with E-state index < -0.39 is 0 Å². The van der Waals surface area contributed by atoms with Crippen LogP contribution in [0.15, 0.2) is 28.8 Å². The maximum Gasteiger partial charge on any atom is 0.322 e. The van der Waals surface area contributed by atoms with E-state index in [1.165, 1.54) is 0 Å². The van der Waals surface area contributed by atoms with E-state index in [0.717, 1.165) is 0 Å². The lowest BCUT2D eigenvalue weighted by Gasteiger charge is -2.31. The van der Waals surface area contributed by atoms with Crippen LogP contribution >= 0.6 is 11.6 Å². The molecule has 3 rings (SSSR count). The highest BCUT2D eigenvalue weighted by molar-refractivity contribution is 6.30. The number of urea groups is 1. The Morgan fingerprint density at radius 3 is 3.00 bits per heavy atom. The number of benzene rings is 1. The van der Waals surface area contributed by atoms with E-state index in [2.05, 4.69) is 15.5 Å². The predicted molar refractivity (Wildman–Crippen MR) is 89.1 cm³/mol. The van der Waals surface area contributed by atoms with Gasteiger partial charge in [0.2, 0.25) is 11.7 Å². The Bertz CT molecular complexity index is 719. The Hall–Kier alpha value is -2.12. The fourth-order valence-electron chi connectivity index (χ4n) is 2.37. The van der Waals surface area contributed by atoms with Gasteiger partial charge in [-0.1, -0.05) is 36.7 Å². The number of morpholine rings is 1. The van der Waals surface area contributed by atoms with Crippen molar-refractivity contribution in [3.8, 4) is 0 Å². The largest absolute Gasteiger partial charge is 0.366 e. The van der Waals surface area contributed by atoms with Crippen LogP contribution in [0.4, 0.5) is 10.5 Å². The van der Waals surface area contributed by atoms with Gasteiger partial charge in [-0.3, -0.25) is 0 Å². The van der Waals surface area contributed by atoms with Crippen molar-refractivity contribution in [3.05, 3.63) is 41.0 Å². The number of ether oxygens (including phenoxy) is 1. The number of halogens is 1. The lowest BCUT2D eigenvalue weighted by atomic mass is 10.2. The van der Waals surface area contributed by atoms with Crippen molar-refractivity contribution in [3.63, 3.8) is 0 Å². The molecule has 7 nitrogen and oxygen atoms in total. The number of amides is 2. The molecular weight excluding hydrogens is 332 g/mol. The summed E-state index contributed by atoms with van der Waals surface area (Å²) in [5, 5.41) is 7.36. The van der Waals surface area contributed by atoms with Crippen LogP contribution in [0.5, 0.6) is 0 Å². The second-order valence-electron chi connectivity index (χ2n) is 5.89. The summed E-state index contributed by atoms with van der Waals surface area (Å²) in [5.41, 5.74) is 0.650. The summed E-state index contributed by atoms with van der Waals surface area (Å²) >= 11 is 5.93. The van der Waals surface area contributed by atoms with E-state index in [0.29, 0.717) is 42.1 Å². The summed E-state index contributed by atoms with van der Waals surface area (Å²) in [7, 11) is 0. The van der Waals surface area contributed by atoms with Crippen LogP contribution in [0.25, 0.3) is 0 Å². The van der Waals surface area contributed by atoms with Gasteiger partial charge in [0.05, 0.1) is 13.2 Å². The monoisotopic (exact) mass is 350 g/mol. The second kappa shape index (κ2) is 7.19. The Balaban J connectivity index is 1.65. The fourth-order valence-corrected chi connectivity index (χ4v) is 2.56. The zero-order valence-corrected chi connectivity index (χ0v) is 14.3. The van der Waals surface area contributed by atoms with Crippen molar-refractivity contribution in [1.82, 2.24) is 15.0 Å². The minimum absolute atomic E-state index is 0.150. The molecule has 128 valence electrons. The van der Waals surface area contributed by atoms with Crippen molar-refractivity contribution in [1.29, 1.82) is 0 Å². The molecule has 2 amide bonds. The molecule has 2 aromatic rings. The average Bonchev–Trinajstić information content (AvgIpc) is 3.05. The smallest absolute Gasteiger partial charge is 0.322 e. The standard InChI is InChI=1S/C16H19ClN4O3/c1-10(2)15-19-14(20-24-15)13-9-21(6-7-23-13)16(22)18-12-5-3-4-11(17)8-12/h3-5,8,10,13H,6-7,9H2,1-2H3,(H,18,22)/t13-/m1/s1. The van der Waals surface area contributed by atoms with Gasteiger partial charge >= 0.3 is 6.03 Å². The molecule has 8 heteroatoms. The molecule has 1 aliphatic rings. The van der Waals surface area contributed by atoms with Gasteiger partial charge in [0.15, 0.2) is 0 Å². The number of hydrogen-bond acceptors (Lipinski definition) is 5. The average molecular weight is 351 g/mol. The summed E-state index contributed by atoms with van der Waals surface area (Å²) < 4.78 is 10.9. The lowest BCUT2D eigenvalue weighted by Crippen LogP contribution is -2.44. The minimum Gasteiger partial charge on any atom is -0.366 e. The second-order valence-corrected chi connectivity index (χ2v) is 6.33. The summed E-state index contributed by atoms with van der Waals surface area (Å²) in [6.45, 7) is 5.23. The van der Waals surface area contributed by atoms with E-state index in [1.807, 2.05) is 13.8 Å². The van der Waals surface area contributed by atoms with E-state index in [9.17, 15) is 4.79 Å². The van der Waals surface area contributed by atoms with Gasteiger partial charge in [-0.05, 0) is 18.2 Å². The number of carbonyl (C=O) groups is 1. The number of hydrogen-bond donors (Lipinski definition) is 1. The molecule has 1 saturated heterocycles. The van der Waals surface area contributed by atoms with E-state index in [-0.39, 0.29) is 18.1 Å². The Morgan fingerprint density at radius 1 is 1.46 bits per heavy atom. The van der Waals surface area contributed by atoms with Crippen LogP contribution in [-0.4, -0.2) is 40.8 Å². The van der Waals surface area contributed by atoms with Crippen molar-refractivity contribution < 1.29 is 14.1 Å². The molecule has 0 radical (unpaired) electrons. The molecule has 24 heavy (non-hydrogen) atoms. The number of carbonyl (C=O) groups excluding carboxylic acids is 1. The maximum atomic E-state index is 12.4. The van der Waals surface area contributed by atoms with E-state index in [4.69, 9.17) is 20.9 Å². The van der Waals surface area contributed by atoms with Crippen LogP contribution in [-0.2, 0) is 4.74 Å². The van der Waals surface area contributed by atoms with Gasteiger partial charge in [-0.2, -0.15) is 4.98 Å². The summed E-state index contributed by atoms with van der Waals surface area (Å²) in [6.07, 6.45) is -0.389. The SMILES string of the molecule is CC(C)c1nc([C@H]2CN(C(=O)Nc3cccc(Cl)c3)CCO2)no1. The number of anilines is 1.